The molecule has 1 aliphatic rings. The summed E-state index contributed by atoms with van der Waals surface area (Å²) in [6, 6.07) is 4.26. The molecule has 6 nitrogen and oxygen atoms in total. The molecule has 0 amide bonds. The molecule has 2 heterocycles. The van der Waals surface area contributed by atoms with Crippen molar-refractivity contribution in [2.45, 2.75) is 13.5 Å². The Bertz CT molecular complexity index is 496. The molecule has 0 atom stereocenters. The Morgan fingerprint density at radius 2 is 1.71 bits per heavy atom. The molecule has 7 heteroatoms. The number of rotatable bonds is 4. The number of anilines is 1. The van der Waals surface area contributed by atoms with Crippen molar-refractivity contribution in [3.05, 3.63) is 23.9 Å². The molecule has 2 rings (SSSR count). The smallest absolute Gasteiger partial charge is 0.195 e. The predicted molar refractivity (Wildman–Crippen MR) is 112 cm³/mol. The Morgan fingerprint density at radius 1 is 1.08 bits per heavy atom. The van der Waals surface area contributed by atoms with Gasteiger partial charge in [-0.25, -0.2) is 9.98 Å². The van der Waals surface area contributed by atoms with Gasteiger partial charge in [-0.3, -0.25) is 0 Å². The molecular formula is C17H31IN6. The monoisotopic (exact) mass is 446 g/mol. The Hall–Kier alpha value is -1.09. The highest BCUT2D eigenvalue weighted by molar-refractivity contribution is 14.0. The predicted octanol–water partition coefficient (Wildman–Crippen LogP) is 1.82. The highest BCUT2D eigenvalue weighted by Gasteiger charge is 2.16. The molecule has 1 fully saturated rings. The van der Waals surface area contributed by atoms with Crippen LogP contribution in [0, 0.1) is 0 Å². The number of hydrogen-bond donors (Lipinski definition) is 0. The minimum absolute atomic E-state index is 0. The number of halogens is 1. The van der Waals surface area contributed by atoms with E-state index in [0.29, 0.717) is 6.54 Å². The molecule has 0 saturated carbocycles. The summed E-state index contributed by atoms with van der Waals surface area (Å²) < 4.78 is 0. The van der Waals surface area contributed by atoms with Crippen LogP contribution in [0.1, 0.15) is 12.5 Å². The van der Waals surface area contributed by atoms with E-state index in [2.05, 4.69) is 38.8 Å². The first kappa shape index (κ1) is 21.0. The van der Waals surface area contributed by atoms with Crippen LogP contribution in [0.2, 0.25) is 0 Å². The second-order valence-electron chi connectivity index (χ2n) is 6.35. The SMILES string of the molecule is CCN1CCN(c2ccc(CN=C(N(C)C)N(C)C)cn2)CC1.I. The molecule has 0 N–H and O–H groups in total. The molecule has 24 heavy (non-hydrogen) atoms. The Morgan fingerprint density at radius 3 is 2.17 bits per heavy atom. The summed E-state index contributed by atoms with van der Waals surface area (Å²) in [4.78, 5) is 18.2. The zero-order valence-electron chi connectivity index (χ0n) is 15.6. The average molecular weight is 446 g/mol. The van der Waals surface area contributed by atoms with Gasteiger partial charge in [0.1, 0.15) is 5.82 Å². The third kappa shape index (κ3) is 5.77. The molecule has 0 spiro atoms. The van der Waals surface area contributed by atoms with Crippen LogP contribution >= 0.6 is 24.0 Å². The van der Waals surface area contributed by atoms with Crippen LogP contribution in [-0.4, -0.2) is 86.6 Å². The maximum Gasteiger partial charge on any atom is 0.195 e. The summed E-state index contributed by atoms with van der Waals surface area (Å²) in [5.41, 5.74) is 1.14. The number of guanidine groups is 1. The van der Waals surface area contributed by atoms with Crippen molar-refractivity contribution in [2.75, 3.05) is 65.8 Å². The molecule has 0 unspecified atom stereocenters. The van der Waals surface area contributed by atoms with Crippen molar-refractivity contribution >= 4 is 35.8 Å². The van der Waals surface area contributed by atoms with Crippen LogP contribution in [0.4, 0.5) is 5.82 Å². The Kier molecular flexibility index (Phi) is 8.75. The molecule has 1 saturated heterocycles. The van der Waals surface area contributed by atoms with E-state index in [-0.39, 0.29) is 24.0 Å². The van der Waals surface area contributed by atoms with Crippen molar-refractivity contribution in [3.8, 4) is 0 Å². The second-order valence-corrected chi connectivity index (χ2v) is 6.35. The molecular weight excluding hydrogens is 415 g/mol. The fraction of sp³-hybridized carbons (Fsp3) is 0.647. The normalized spacial score (nSPS) is 14.8. The van der Waals surface area contributed by atoms with Gasteiger partial charge in [-0.2, -0.15) is 0 Å². The Labute approximate surface area is 163 Å². The van der Waals surface area contributed by atoms with Crippen molar-refractivity contribution in [2.24, 2.45) is 4.99 Å². The van der Waals surface area contributed by atoms with Crippen molar-refractivity contribution in [3.63, 3.8) is 0 Å². The van der Waals surface area contributed by atoms with Gasteiger partial charge in [0.15, 0.2) is 5.96 Å². The first-order valence-electron chi connectivity index (χ1n) is 8.32. The van der Waals surface area contributed by atoms with Crippen LogP contribution < -0.4 is 4.90 Å². The standard InChI is InChI=1S/C17H30N6.HI/c1-6-22-9-11-23(12-10-22)16-8-7-15(13-18-16)14-19-17(20(2)3)21(4)5;/h7-8,13H,6,9-12,14H2,1-5H3;1H. The van der Waals surface area contributed by atoms with E-state index < -0.39 is 0 Å². The van der Waals surface area contributed by atoms with Crippen molar-refractivity contribution in [1.29, 1.82) is 0 Å². The quantitative estimate of drug-likeness (QED) is 0.401. The third-order valence-corrected chi connectivity index (χ3v) is 4.16. The molecule has 1 aromatic rings. The summed E-state index contributed by atoms with van der Waals surface area (Å²) >= 11 is 0. The van der Waals surface area contributed by atoms with Crippen molar-refractivity contribution in [1.82, 2.24) is 19.7 Å². The summed E-state index contributed by atoms with van der Waals surface area (Å²) in [6.45, 7) is 8.38. The summed E-state index contributed by atoms with van der Waals surface area (Å²) in [5.74, 6) is 2.04. The molecule has 0 aromatic carbocycles. The zero-order valence-corrected chi connectivity index (χ0v) is 17.9. The van der Waals surface area contributed by atoms with Gasteiger partial charge in [0.05, 0.1) is 6.54 Å². The van der Waals surface area contributed by atoms with E-state index >= 15 is 0 Å². The van der Waals surface area contributed by atoms with Gasteiger partial charge >= 0.3 is 0 Å². The lowest BCUT2D eigenvalue weighted by molar-refractivity contribution is 0.270. The summed E-state index contributed by atoms with van der Waals surface area (Å²) in [5, 5.41) is 0. The first-order chi connectivity index (χ1) is 11.0. The lowest BCUT2D eigenvalue weighted by Crippen LogP contribution is -2.46. The van der Waals surface area contributed by atoms with E-state index in [1.54, 1.807) is 0 Å². The summed E-state index contributed by atoms with van der Waals surface area (Å²) in [7, 11) is 8.04. The Balaban J connectivity index is 0.00000288. The van der Waals surface area contributed by atoms with E-state index in [4.69, 9.17) is 0 Å². The number of nitrogens with zero attached hydrogens (tertiary/aromatic N) is 6. The van der Waals surface area contributed by atoms with Crippen LogP contribution in [0.15, 0.2) is 23.3 Å². The molecule has 0 aliphatic carbocycles. The maximum absolute atomic E-state index is 4.66. The number of piperazine rings is 1. The van der Waals surface area contributed by atoms with Crippen LogP contribution in [0.3, 0.4) is 0 Å². The largest absolute Gasteiger partial charge is 0.354 e. The molecule has 0 radical (unpaired) electrons. The fourth-order valence-electron chi connectivity index (χ4n) is 2.84. The van der Waals surface area contributed by atoms with Gasteiger partial charge in [0.2, 0.25) is 0 Å². The molecule has 1 aliphatic heterocycles. The van der Waals surface area contributed by atoms with Crippen LogP contribution in [0.5, 0.6) is 0 Å². The minimum Gasteiger partial charge on any atom is -0.354 e. The van der Waals surface area contributed by atoms with Gasteiger partial charge in [-0.05, 0) is 18.2 Å². The van der Waals surface area contributed by atoms with Gasteiger partial charge in [-0.15, -0.1) is 24.0 Å². The molecule has 136 valence electrons. The van der Waals surface area contributed by atoms with E-state index in [1.165, 1.54) is 0 Å². The maximum atomic E-state index is 4.66. The number of pyridine rings is 1. The first-order valence-corrected chi connectivity index (χ1v) is 8.32. The van der Waals surface area contributed by atoms with Gasteiger partial charge < -0.3 is 19.6 Å². The number of likely N-dealkylation sites (N-methyl/N-ethyl adjacent to an activating group) is 1. The zero-order chi connectivity index (χ0) is 16.8. The van der Waals surface area contributed by atoms with Gasteiger partial charge in [0.25, 0.3) is 0 Å². The van der Waals surface area contributed by atoms with Gasteiger partial charge in [-0.1, -0.05) is 13.0 Å². The van der Waals surface area contributed by atoms with Crippen LogP contribution in [-0.2, 0) is 6.54 Å². The van der Waals surface area contributed by atoms with Gasteiger partial charge in [0, 0.05) is 60.6 Å². The number of aromatic nitrogens is 1. The third-order valence-electron chi connectivity index (χ3n) is 4.16. The fourth-order valence-corrected chi connectivity index (χ4v) is 2.84. The number of aliphatic imine (C=N–C) groups is 1. The second kappa shape index (κ2) is 10.0. The van der Waals surface area contributed by atoms with E-state index in [0.717, 1.165) is 50.1 Å². The van der Waals surface area contributed by atoms with E-state index in [1.807, 2.05) is 44.2 Å². The van der Waals surface area contributed by atoms with Crippen LogP contribution in [0.25, 0.3) is 0 Å². The van der Waals surface area contributed by atoms with Crippen molar-refractivity contribution < 1.29 is 0 Å². The summed E-state index contributed by atoms with van der Waals surface area (Å²) in [6.07, 6.45) is 1.95. The topological polar surface area (TPSA) is 38.2 Å². The lowest BCUT2D eigenvalue weighted by Gasteiger charge is -2.34. The minimum atomic E-state index is 0. The number of hydrogen-bond acceptors (Lipinski definition) is 4. The highest BCUT2D eigenvalue weighted by Crippen LogP contribution is 2.14. The molecule has 1 aromatic heterocycles. The highest BCUT2D eigenvalue weighted by atomic mass is 127. The molecule has 0 bridgehead atoms. The van der Waals surface area contributed by atoms with E-state index in [9.17, 15) is 0 Å². The average Bonchev–Trinajstić information content (AvgIpc) is 2.55. The lowest BCUT2D eigenvalue weighted by atomic mass is 10.2.